The average molecular weight is 210 g/mol. The number of hydrogen-bond acceptors (Lipinski definition) is 2. The van der Waals surface area contributed by atoms with E-state index in [1.807, 2.05) is 0 Å². The molecule has 0 unspecified atom stereocenters. The van der Waals surface area contributed by atoms with Crippen LogP contribution in [0, 0.1) is 5.41 Å². The van der Waals surface area contributed by atoms with Gasteiger partial charge in [0, 0.05) is 18.4 Å². The summed E-state index contributed by atoms with van der Waals surface area (Å²) in [5, 5.41) is 9.83. The van der Waals surface area contributed by atoms with Crippen LogP contribution in [0.4, 0.5) is 0 Å². The van der Waals surface area contributed by atoms with E-state index in [0.717, 1.165) is 25.7 Å². The molecule has 0 atom stereocenters. The van der Waals surface area contributed by atoms with E-state index in [1.54, 1.807) is 0 Å². The predicted molar refractivity (Wildman–Crippen MR) is 61.8 cm³/mol. The summed E-state index contributed by atoms with van der Waals surface area (Å²) in [6, 6.07) is 0. The zero-order chi connectivity index (χ0) is 11.5. The van der Waals surface area contributed by atoms with E-state index >= 15 is 0 Å². The molecule has 0 amide bonds. The fourth-order valence-electron chi connectivity index (χ4n) is 2.34. The molecule has 1 N–H and O–H groups in total. The highest BCUT2D eigenvalue weighted by molar-refractivity contribution is 5.97. The van der Waals surface area contributed by atoms with Crippen molar-refractivity contribution < 1.29 is 9.90 Å². The van der Waals surface area contributed by atoms with Crippen LogP contribution in [-0.2, 0) is 4.79 Å². The molecule has 0 spiro atoms. The molecule has 2 nitrogen and oxygen atoms in total. The minimum absolute atomic E-state index is 0.153. The van der Waals surface area contributed by atoms with Crippen molar-refractivity contribution in [2.24, 2.45) is 5.41 Å². The highest BCUT2D eigenvalue weighted by atomic mass is 16.3. The smallest absolute Gasteiger partial charge is 0.162 e. The Hall–Kier alpha value is -0.790. The van der Waals surface area contributed by atoms with E-state index in [0.29, 0.717) is 24.2 Å². The third-order valence-electron chi connectivity index (χ3n) is 3.22. The van der Waals surface area contributed by atoms with Gasteiger partial charge in [0.25, 0.3) is 0 Å². The number of carbonyl (C=O) groups excluding carboxylic acids is 1. The number of hydrogen-bond donors (Lipinski definition) is 1. The molecule has 2 heteroatoms. The SMILES string of the molecule is CCCCC(C)(C)C1=C(O)CCCC1=O. The molecule has 0 heterocycles. The van der Waals surface area contributed by atoms with Gasteiger partial charge >= 0.3 is 0 Å². The van der Waals surface area contributed by atoms with Gasteiger partial charge in [-0.1, -0.05) is 33.6 Å². The standard InChI is InChI=1S/C13H22O2/c1-4-5-9-13(2,3)12-10(14)7-6-8-11(12)15/h14H,4-9H2,1-3H3. The summed E-state index contributed by atoms with van der Waals surface area (Å²) in [4.78, 5) is 11.8. The fraction of sp³-hybridized carbons (Fsp3) is 0.769. The molecule has 0 aliphatic heterocycles. The zero-order valence-corrected chi connectivity index (χ0v) is 10.1. The molecule has 0 fully saturated rings. The number of aliphatic hydroxyl groups excluding tert-OH is 1. The van der Waals surface area contributed by atoms with Crippen molar-refractivity contribution in [3.05, 3.63) is 11.3 Å². The van der Waals surface area contributed by atoms with Gasteiger partial charge in [-0.3, -0.25) is 4.79 Å². The highest BCUT2D eigenvalue weighted by Gasteiger charge is 2.33. The van der Waals surface area contributed by atoms with Crippen LogP contribution in [0.1, 0.15) is 59.3 Å². The molecule has 1 rings (SSSR count). The van der Waals surface area contributed by atoms with Crippen molar-refractivity contribution in [3.8, 4) is 0 Å². The van der Waals surface area contributed by atoms with Crippen LogP contribution in [0.3, 0.4) is 0 Å². The third kappa shape index (κ3) is 2.83. The van der Waals surface area contributed by atoms with Crippen molar-refractivity contribution in [2.45, 2.75) is 59.3 Å². The van der Waals surface area contributed by atoms with Crippen LogP contribution in [0.5, 0.6) is 0 Å². The number of aliphatic hydroxyl groups is 1. The Morgan fingerprint density at radius 1 is 1.33 bits per heavy atom. The van der Waals surface area contributed by atoms with E-state index in [2.05, 4.69) is 20.8 Å². The first kappa shape index (κ1) is 12.3. The summed E-state index contributed by atoms with van der Waals surface area (Å²) in [6.07, 6.45) is 5.31. The van der Waals surface area contributed by atoms with E-state index in [4.69, 9.17) is 0 Å². The van der Waals surface area contributed by atoms with Crippen LogP contribution in [0.25, 0.3) is 0 Å². The number of carbonyl (C=O) groups is 1. The largest absolute Gasteiger partial charge is 0.512 e. The molecule has 86 valence electrons. The lowest BCUT2D eigenvalue weighted by Gasteiger charge is -2.30. The molecule has 0 aromatic carbocycles. The molecule has 0 saturated carbocycles. The lowest BCUT2D eigenvalue weighted by molar-refractivity contribution is -0.117. The number of Topliss-reactive ketones (excluding diaryl/α,β-unsaturated/α-hetero) is 1. The van der Waals surface area contributed by atoms with Crippen LogP contribution in [0.2, 0.25) is 0 Å². The predicted octanol–water partition coefficient (Wildman–Crippen LogP) is 3.77. The van der Waals surface area contributed by atoms with Crippen LogP contribution in [0.15, 0.2) is 11.3 Å². The van der Waals surface area contributed by atoms with Crippen LogP contribution in [-0.4, -0.2) is 10.9 Å². The van der Waals surface area contributed by atoms with Gasteiger partial charge < -0.3 is 5.11 Å². The zero-order valence-electron chi connectivity index (χ0n) is 10.1. The second-order valence-corrected chi connectivity index (χ2v) is 5.09. The Morgan fingerprint density at radius 2 is 2.00 bits per heavy atom. The fourth-order valence-corrected chi connectivity index (χ4v) is 2.34. The monoisotopic (exact) mass is 210 g/mol. The summed E-state index contributed by atoms with van der Waals surface area (Å²) in [7, 11) is 0. The normalized spacial score (nSPS) is 18.5. The van der Waals surface area contributed by atoms with Crippen molar-refractivity contribution in [3.63, 3.8) is 0 Å². The Kier molecular flexibility index (Phi) is 3.95. The molecule has 15 heavy (non-hydrogen) atoms. The number of unbranched alkanes of at least 4 members (excludes halogenated alkanes) is 1. The number of allylic oxidation sites excluding steroid dienone is 2. The maximum Gasteiger partial charge on any atom is 0.162 e. The van der Waals surface area contributed by atoms with Crippen molar-refractivity contribution in [2.75, 3.05) is 0 Å². The third-order valence-corrected chi connectivity index (χ3v) is 3.22. The van der Waals surface area contributed by atoms with Crippen LogP contribution >= 0.6 is 0 Å². The summed E-state index contributed by atoms with van der Waals surface area (Å²) >= 11 is 0. The van der Waals surface area contributed by atoms with Gasteiger partial charge in [-0.05, 0) is 18.3 Å². The summed E-state index contributed by atoms with van der Waals surface area (Å²) in [5.74, 6) is 0.493. The maximum absolute atomic E-state index is 11.8. The van der Waals surface area contributed by atoms with E-state index in [9.17, 15) is 9.90 Å². The number of ketones is 1. The minimum Gasteiger partial charge on any atom is -0.512 e. The second kappa shape index (κ2) is 4.82. The summed E-state index contributed by atoms with van der Waals surface area (Å²) in [5.41, 5.74) is 0.541. The Labute approximate surface area is 92.4 Å². The van der Waals surface area contributed by atoms with E-state index < -0.39 is 0 Å². The molecule has 1 aliphatic rings. The summed E-state index contributed by atoms with van der Waals surface area (Å²) < 4.78 is 0. The Balaban J connectivity index is 2.87. The molecule has 0 saturated heterocycles. The maximum atomic E-state index is 11.8. The quantitative estimate of drug-likeness (QED) is 0.767. The first-order valence-electron chi connectivity index (χ1n) is 5.95. The van der Waals surface area contributed by atoms with E-state index in [1.165, 1.54) is 0 Å². The lowest BCUT2D eigenvalue weighted by Crippen LogP contribution is -2.26. The molecule has 0 radical (unpaired) electrons. The second-order valence-electron chi connectivity index (χ2n) is 5.09. The van der Waals surface area contributed by atoms with Crippen molar-refractivity contribution in [1.82, 2.24) is 0 Å². The topological polar surface area (TPSA) is 37.3 Å². The highest BCUT2D eigenvalue weighted by Crippen LogP contribution is 2.38. The van der Waals surface area contributed by atoms with Gasteiger partial charge in [-0.2, -0.15) is 0 Å². The van der Waals surface area contributed by atoms with Gasteiger partial charge in [0.1, 0.15) is 0 Å². The first-order valence-corrected chi connectivity index (χ1v) is 5.95. The first-order chi connectivity index (χ1) is 6.99. The number of rotatable bonds is 4. The molecule has 0 aromatic rings. The van der Waals surface area contributed by atoms with E-state index in [-0.39, 0.29) is 11.2 Å². The average Bonchev–Trinajstić information content (AvgIpc) is 2.14. The Bertz CT molecular complexity index is 274. The van der Waals surface area contributed by atoms with Crippen molar-refractivity contribution in [1.29, 1.82) is 0 Å². The van der Waals surface area contributed by atoms with Gasteiger partial charge in [0.15, 0.2) is 5.78 Å². The molecule has 0 aromatic heterocycles. The lowest BCUT2D eigenvalue weighted by atomic mass is 9.74. The van der Waals surface area contributed by atoms with Crippen molar-refractivity contribution >= 4 is 5.78 Å². The molecule has 0 bridgehead atoms. The van der Waals surface area contributed by atoms with Crippen LogP contribution < -0.4 is 0 Å². The Morgan fingerprint density at radius 3 is 2.53 bits per heavy atom. The van der Waals surface area contributed by atoms with Gasteiger partial charge in [0.05, 0.1) is 5.76 Å². The molecule has 1 aliphatic carbocycles. The van der Waals surface area contributed by atoms with Gasteiger partial charge in [-0.15, -0.1) is 0 Å². The van der Waals surface area contributed by atoms with Gasteiger partial charge in [-0.25, -0.2) is 0 Å². The minimum atomic E-state index is -0.155. The van der Waals surface area contributed by atoms with Gasteiger partial charge in [0.2, 0.25) is 0 Å². The molecular formula is C13H22O2. The molecular weight excluding hydrogens is 188 g/mol. The summed E-state index contributed by atoms with van der Waals surface area (Å²) in [6.45, 7) is 6.28.